The third-order valence-corrected chi connectivity index (χ3v) is 9.26. The molecule has 1 amide bonds. The lowest BCUT2D eigenvalue weighted by molar-refractivity contribution is -0.192. The largest absolute Gasteiger partial charge is 0.493 e. The number of benzene rings is 2. The number of amides is 1. The average Bonchev–Trinajstić information content (AvgIpc) is 3.33. The quantitative estimate of drug-likeness (QED) is 0.517. The molecule has 1 atom stereocenters. The number of fused-ring (bicyclic) bond motifs is 1. The lowest BCUT2D eigenvalue weighted by atomic mass is 9.73. The zero-order chi connectivity index (χ0) is 28.3. The molecule has 5 rings (SSSR count). The highest BCUT2D eigenvalue weighted by atomic mass is 32.2. The molecule has 12 heteroatoms. The number of aliphatic carboxylic acids is 1. The van der Waals surface area contributed by atoms with Gasteiger partial charge in [0.2, 0.25) is 5.91 Å². The normalized spacial score (nSPS) is 21.2. The van der Waals surface area contributed by atoms with Crippen molar-refractivity contribution in [1.82, 2.24) is 10.6 Å². The second-order valence-electron chi connectivity index (χ2n) is 10.2. The van der Waals surface area contributed by atoms with Gasteiger partial charge in [-0.3, -0.25) is 4.79 Å². The van der Waals surface area contributed by atoms with Gasteiger partial charge in [-0.15, -0.1) is 0 Å². The number of carboxylic acids is 1. The van der Waals surface area contributed by atoms with Crippen molar-refractivity contribution in [3.8, 4) is 16.9 Å². The van der Waals surface area contributed by atoms with Gasteiger partial charge in [0.1, 0.15) is 15.6 Å². The third-order valence-electron chi connectivity index (χ3n) is 7.61. The number of ether oxygens (including phenoxy) is 1. The molecule has 39 heavy (non-hydrogen) atoms. The molecular weight excluding hydrogens is 537 g/mol. The first-order valence-corrected chi connectivity index (χ1v) is 14.5. The first-order valence-electron chi connectivity index (χ1n) is 12.7. The second kappa shape index (κ2) is 11.5. The predicted molar refractivity (Wildman–Crippen MR) is 138 cm³/mol. The van der Waals surface area contributed by atoms with Crippen molar-refractivity contribution in [2.45, 2.75) is 38.4 Å². The molecule has 2 saturated heterocycles. The number of rotatable bonds is 4. The Labute approximate surface area is 224 Å². The number of alkyl halides is 3. The first kappa shape index (κ1) is 28.9. The minimum Gasteiger partial charge on any atom is -0.493 e. The van der Waals surface area contributed by atoms with E-state index in [2.05, 4.69) is 53.1 Å². The lowest BCUT2D eigenvalue weighted by Gasteiger charge is -2.37. The van der Waals surface area contributed by atoms with Crippen LogP contribution in [-0.2, 0) is 32.4 Å². The van der Waals surface area contributed by atoms with Gasteiger partial charge in [-0.25, -0.2) is 13.2 Å². The number of aryl methyl sites for hydroxylation is 1. The smallest absolute Gasteiger partial charge is 0.490 e. The van der Waals surface area contributed by atoms with E-state index < -0.39 is 22.0 Å². The molecular formula is C27H31F3N2O6S. The van der Waals surface area contributed by atoms with Gasteiger partial charge in [-0.05, 0) is 65.5 Å². The summed E-state index contributed by atoms with van der Waals surface area (Å²) in [4.78, 5) is 21.9. The van der Waals surface area contributed by atoms with Crippen LogP contribution in [0.25, 0.3) is 11.1 Å². The van der Waals surface area contributed by atoms with E-state index in [1.54, 1.807) is 0 Å². The summed E-state index contributed by atoms with van der Waals surface area (Å²) in [7, 11) is -2.95. The molecule has 2 aromatic rings. The molecule has 3 N–H and O–H groups in total. The van der Waals surface area contributed by atoms with Crippen molar-refractivity contribution in [2.24, 2.45) is 11.3 Å². The van der Waals surface area contributed by atoms with Crippen molar-refractivity contribution in [3.05, 3.63) is 53.6 Å². The van der Waals surface area contributed by atoms with E-state index in [-0.39, 0.29) is 28.7 Å². The number of hydrogen-bond donors (Lipinski definition) is 3. The van der Waals surface area contributed by atoms with Crippen LogP contribution in [0.3, 0.4) is 0 Å². The van der Waals surface area contributed by atoms with Gasteiger partial charge in [-0.1, -0.05) is 30.3 Å². The van der Waals surface area contributed by atoms with Gasteiger partial charge in [0.15, 0.2) is 0 Å². The molecule has 1 unspecified atom stereocenters. The highest BCUT2D eigenvalue weighted by Gasteiger charge is 2.49. The summed E-state index contributed by atoms with van der Waals surface area (Å²) in [5, 5.41) is 13.5. The van der Waals surface area contributed by atoms with Crippen LogP contribution in [0, 0.1) is 11.3 Å². The number of hydrogen-bond acceptors (Lipinski definition) is 6. The van der Waals surface area contributed by atoms with E-state index in [0.717, 1.165) is 42.9 Å². The van der Waals surface area contributed by atoms with Gasteiger partial charge in [0, 0.05) is 19.6 Å². The minimum atomic E-state index is -5.08. The van der Waals surface area contributed by atoms with Crippen molar-refractivity contribution >= 4 is 21.7 Å². The Bertz CT molecular complexity index is 1300. The summed E-state index contributed by atoms with van der Waals surface area (Å²) < 4.78 is 61.1. The Balaban J connectivity index is 0.000000448. The molecule has 0 aliphatic carbocycles. The van der Waals surface area contributed by atoms with E-state index in [1.807, 2.05) is 0 Å². The van der Waals surface area contributed by atoms with Gasteiger partial charge in [0.05, 0.1) is 24.0 Å². The van der Waals surface area contributed by atoms with E-state index in [1.165, 1.54) is 11.1 Å². The molecule has 0 radical (unpaired) electrons. The van der Waals surface area contributed by atoms with Crippen molar-refractivity contribution < 1.29 is 41.0 Å². The zero-order valence-electron chi connectivity index (χ0n) is 21.2. The molecule has 2 fully saturated rings. The van der Waals surface area contributed by atoms with Gasteiger partial charge >= 0.3 is 12.1 Å². The number of sulfone groups is 1. The number of carbonyl (C=O) groups excluding carboxylic acids is 1. The summed E-state index contributed by atoms with van der Waals surface area (Å²) in [5.41, 5.74) is 4.41. The molecule has 8 nitrogen and oxygen atoms in total. The van der Waals surface area contributed by atoms with Crippen molar-refractivity contribution in [2.75, 3.05) is 31.2 Å². The van der Waals surface area contributed by atoms with Crippen LogP contribution in [0.15, 0.2) is 42.5 Å². The highest BCUT2D eigenvalue weighted by Crippen LogP contribution is 2.42. The van der Waals surface area contributed by atoms with Crippen LogP contribution in [0.1, 0.15) is 30.4 Å². The molecule has 3 heterocycles. The number of carboxylic acid groups (broad SMARTS) is 1. The minimum absolute atomic E-state index is 0.0214. The fraction of sp³-hybridized carbons (Fsp3) is 0.481. The summed E-state index contributed by atoms with van der Waals surface area (Å²) in [6.45, 7) is 2.61. The van der Waals surface area contributed by atoms with E-state index in [0.29, 0.717) is 25.9 Å². The maximum Gasteiger partial charge on any atom is 0.490 e. The van der Waals surface area contributed by atoms with E-state index >= 15 is 0 Å². The molecule has 0 bridgehead atoms. The second-order valence-corrected chi connectivity index (χ2v) is 12.5. The van der Waals surface area contributed by atoms with E-state index in [4.69, 9.17) is 14.6 Å². The van der Waals surface area contributed by atoms with Gasteiger partial charge in [-0.2, -0.15) is 13.2 Å². The Hall–Kier alpha value is -3.12. The number of halogens is 3. The van der Waals surface area contributed by atoms with Crippen LogP contribution in [-0.4, -0.2) is 62.8 Å². The Morgan fingerprint density at radius 3 is 2.36 bits per heavy atom. The molecule has 0 saturated carbocycles. The number of nitrogens with one attached hydrogen (secondary N) is 2. The van der Waals surface area contributed by atoms with Crippen LogP contribution < -0.4 is 15.4 Å². The van der Waals surface area contributed by atoms with Crippen LogP contribution in [0.2, 0.25) is 0 Å². The summed E-state index contributed by atoms with van der Waals surface area (Å²) in [6, 6.07) is 14.7. The summed E-state index contributed by atoms with van der Waals surface area (Å²) in [6.07, 6.45) is -1.83. The van der Waals surface area contributed by atoms with Crippen molar-refractivity contribution in [1.29, 1.82) is 0 Å². The molecule has 2 aromatic carbocycles. The van der Waals surface area contributed by atoms with Crippen LogP contribution in [0.4, 0.5) is 13.2 Å². The Morgan fingerprint density at radius 1 is 1.08 bits per heavy atom. The molecule has 3 aliphatic heterocycles. The highest BCUT2D eigenvalue weighted by molar-refractivity contribution is 7.91. The Morgan fingerprint density at radius 2 is 1.72 bits per heavy atom. The van der Waals surface area contributed by atoms with Gasteiger partial charge in [0.25, 0.3) is 0 Å². The van der Waals surface area contributed by atoms with Crippen LogP contribution in [0.5, 0.6) is 5.75 Å². The summed E-state index contributed by atoms with van der Waals surface area (Å²) >= 11 is 0. The maximum absolute atomic E-state index is 13.0. The average molecular weight is 569 g/mol. The Kier molecular flexibility index (Phi) is 8.55. The monoisotopic (exact) mass is 568 g/mol. The zero-order valence-corrected chi connectivity index (χ0v) is 22.0. The fourth-order valence-electron chi connectivity index (χ4n) is 5.31. The molecule has 0 aromatic heterocycles. The standard InChI is InChI=1S/C25H30N2O4S.C2HF3O2/c28-24(22-16-26-17-25(22)9-12-32(29,30)13-10-25)27-15-18-3-5-19(6-4-18)20-7-8-23-21(14-20)2-1-11-31-23;3-2(4,5)1(6)7/h3-8,14,22,26H,1-2,9-13,15-17H2,(H,27,28);(H,6,7). The first-order chi connectivity index (χ1) is 18.4. The fourth-order valence-corrected chi connectivity index (χ4v) is 6.95. The predicted octanol–water partition coefficient (Wildman–Crippen LogP) is 3.34. The van der Waals surface area contributed by atoms with Gasteiger partial charge < -0.3 is 20.5 Å². The number of carbonyl (C=O) groups is 2. The SMILES string of the molecule is O=C(NCc1ccc(-c2ccc3c(c2)CCCO3)cc1)C1CNCC12CCS(=O)(=O)CC2.O=C(O)C(F)(F)F. The van der Waals surface area contributed by atoms with Crippen LogP contribution >= 0.6 is 0 Å². The third kappa shape index (κ3) is 7.10. The lowest BCUT2D eigenvalue weighted by Crippen LogP contribution is -2.45. The molecule has 212 valence electrons. The topological polar surface area (TPSA) is 122 Å². The van der Waals surface area contributed by atoms with Crippen molar-refractivity contribution in [3.63, 3.8) is 0 Å². The van der Waals surface area contributed by atoms with E-state index in [9.17, 15) is 26.4 Å². The maximum atomic E-state index is 13.0. The summed E-state index contributed by atoms with van der Waals surface area (Å²) in [5.74, 6) is -1.53. The molecule has 3 aliphatic rings. The molecule has 1 spiro atoms.